The maximum Gasteiger partial charge on any atom is 0.322 e. The van der Waals surface area contributed by atoms with Gasteiger partial charge in [0.05, 0.1) is 5.54 Å². The molecule has 2 aromatic carbocycles. The number of hydrogen-bond donors (Lipinski definition) is 4. The van der Waals surface area contributed by atoms with E-state index < -0.39 is 11.5 Å². The molecule has 1 amide bonds. The third-order valence-electron chi connectivity index (χ3n) is 3.58. The van der Waals surface area contributed by atoms with E-state index in [0.717, 1.165) is 5.69 Å². The van der Waals surface area contributed by atoms with Crippen molar-refractivity contribution in [3.8, 4) is 0 Å². The van der Waals surface area contributed by atoms with Crippen molar-refractivity contribution < 1.29 is 14.7 Å². The summed E-state index contributed by atoms with van der Waals surface area (Å²) in [6.07, 6.45) is 0. The molecule has 2 rings (SSSR count). The van der Waals surface area contributed by atoms with Crippen LogP contribution < -0.4 is 16.0 Å². The smallest absolute Gasteiger partial charge is 0.322 e. The lowest BCUT2D eigenvalue weighted by atomic mass is 10.0. The van der Waals surface area contributed by atoms with E-state index in [1.165, 1.54) is 0 Å². The summed E-state index contributed by atoms with van der Waals surface area (Å²) >= 11 is 5.97. The number of amides is 1. The molecule has 0 aliphatic rings. The molecule has 138 valence electrons. The van der Waals surface area contributed by atoms with Crippen LogP contribution >= 0.6 is 11.6 Å². The Bertz CT molecular complexity index is 793. The van der Waals surface area contributed by atoms with Gasteiger partial charge in [0, 0.05) is 28.5 Å². The fourth-order valence-electron chi connectivity index (χ4n) is 2.29. The van der Waals surface area contributed by atoms with Gasteiger partial charge in [-0.25, -0.2) is 0 Å². The Hall–Kier alpha value is -2.73. The van der Waals surface area contributed by atoms with Gasteiger partial charge in [-0.2, -0.15) is 0 Å². The number of aliphatic carboxylic acids is 1. The van der Waals surface area contributed by atoms with Crippen molar-refractivity contribution in [2.45, 2.75) is 19.4 Å². The molecule has 26 heavy (non-hydrogen) atoms. The molecule has 6 nitrogen and oxygen atoms in total. The van der Waals surface area contributed by atoms with Crippen molar-refractivity contribution >= 4 is 34.9 Å². The molecule has 0 spiro atoms. The lowest BCUT2D eigenvalue weighted by Crippen LogP contribution is -2.48. The van der Waals surface area contributed by atoms with Gasteiger partial charge in [0.1, 0.15) is 6.54 Å². The zero-order valence-electron chi connectivity index (χ0n) is 14.7. The first-order chi connectivity index (χ1) is 12.2. The number of carbonyl (C=O) groups excluding carboxylic acids is 1. The van der Waals surface area contributed by atoms with Gasteiger partial charge in [-0.15, -0.1) is 0 Å². The second-order valence-corrected chi connectivity index (χ2v) is 6.97. The quantitative estimate of drug-likeness (QED) is 0.567. The molecule has 0 aliphatic carbocycles. The first-order valence-corrected chi connectivity index (χ1v) is 8.51. The van der Waals surface area contributed by atoms with Crippen LogP contribution in [0.15, 0.2) is 48.5 Å². The Morgan fingerprint density at radius 2 is 1.69 bits per heavy atom. The standard InChI is InChI=1S/C19H22ClN3O3/c1-19(2,12-22-16-8-4-6-14(20)10-16)23-18(26)13-5-3-7-15(9-13)21-11-17(24)25/h3-10,21-22H,11-12H2,1-2H3,(H,23,26)(H,24,25). The number of halogens is 1. The molecule has 4 N–H and O–H groups in total. The van der Waals surface area contributed by atoms with Gasteiger partial charge in [0.25, 0.3) is 5.91 Å². The highest BCUT2D eigenvalue weighted by molar-refractivity contribution is 6.30. The average molecular weight is 376 g/mol. The molecule has 7 heteroatoms. The van der Waals surface area contributed by atoms with Crippen LogP contribution in [0.4, 0.5) is 11.4 Å². The SMILES string of the molecule is CC(C)(CNc1cccc(Cl)c1)NC(=O)c1cccc(NCC(=O)O)c1. The topological polar surface area (TPSA) is 90.5 Å². The van der Waals surface area contributed by atoms with Crippen molar-refractivity contribution in [1.29, 1.82) is 0 Å². The van der Waals surface area contributed by atoms with Crippen LogP contribution in [-0.4, -0.2) is 35.6 Å². The molecule has 0 saturated heterocycles. The first-order valence-electron chi connectivity index (χ1n) is 8.13. The van der Waals surface area contributed by atoms with Crippen LogP contribution in [0.25, 0.3) is 0 Å². The van der Waals surface area contributed by atoms with Gasteiger partial charge in [0.15, 0.2) is 0 Å². The van der Waals surface area contributed by atoms with E-state index in [1.54, 1.807) is 30.3 Å². The summed E-state index contributed by atoms with van der Waals surface area (Å²) in [4.78, 5) is 23.1. The molecule has 0 unspecified atom stereocenters. The molecular formula is C19H22ClN3O3. The summed E-state index contributed by atoms with van der Waals surface area (Å²) in [5.41, 5.74) is 1.40. The van der Waals surface area contributed by atoms with E-state index in [4.69, 9.17) is 16.7 Å². The van der Waals surface area contributed by atoms with Crippen molar-refractivity contribution in [2.24, 2.45) is 0 Å². The minimum absolute atomic E-state index is 0.208. The zero-order valence-corrected chi connectivity index (χ0v) is 15.4. The van der Waals surface area contributed by atoms with E-state index >= 15 is 0 Å². The molecule has 0 bridgehead atoms. The van der Waals surface area contributed by atoms with Gasteiger partial charge in [-0.1, -0.05) is 23.7 Å². The van der Waals surface area contributed by atoms with Gasteiger partial charge < -0.3 is 21.1 Å². The lowest BCUT2D eigenvalue weighted by Gasteiger charge is -2.27. The summed E-state index contributed by atoms with van der Waals surface area (Å²) < 4.78 is 0. The maximum absolute atomic E-state index is 12.5. The average Bonchev–Trinajstić information content (AvgIpc) is 2.58. The third-order valence-corrected chi connectivity index (χ3v) is 3.81. The zero-order chi connectivity index (χ0) is 19.2. The summed E-state index contributed by atoms with van der Waals surface area (Å²) in [5, 5.41) is 18.3. The number of rotatable bonds is 8. The Morgan fingerprint density at radius 1 is 1.04 bits per heavy atom. The Labute approximate surface area is 157 Å². The predicted molar refractivity (Wildman–Crippen MR) is 104 cm³/mol. The summed E-state index contributed by atoms with van der Waals surface area (Å²) in [6, 6.07) is 14.1. The first kappa shape index (κ1) is 19.6. The molecule has 0 atom stereocenters. The highest BCUT2D eigenvalue weighted by Gasteiger charge is 2.21. The van der Waals surface area contributed by atoms with Crippen molar-refractivity contribution in [2.75, 3.05) is 23.7 Å². The lowest BCUT2D eigenvalue weighted by molar-refractivity contribution is -0.134. The molecule has 0 heterocycles. The van der Waals surface area contributed by atoms with Crippen LogP contribution in [0.2, 0.25) is 5.02 Å². The highest BCUT2D eigenvalue weighted by Crippen LogP contribution is 2.16. The van der Waals surface area contributed by atoms with Crippen LogP contribution in [0.5, 0.6) is 0 Å². The second kappa shape index (κ2) is 8.58. The number of carboxylic acid groups (broad SMARTS) is 1. The minimum Gasteiger partial charge on any atom is -0.480 e. The molecular weight excluding hydrogens is 354 g/mol. The Morgan fingerprint density at radius 3 is 2.35 bits per heavy atom. The van der Waals surface area contributed by atoms with E-state index in [-0.39, 0.29) is 12.5 Å². The molecule has 2 aromatic rings. The van der Waals surface area contributed by atoms with Crippen LogP contribution in [0.3, 0.4) is 0 Å². The fraction of sp³-hybridized carbons (Fsp3) is 0.263. The third kappa shape index (κ3) is 6.29. The van der Waals surface area contributed by atoms with Crippen molar-refractivity contribution in [3.05, 3.63) is 59.1 Å². The highest BCUT2D eigenvalue weighted by atomic mass is 35.5. The normalized spacial score (nSPS) is 10.9. The summed E-state index contributed by atoms with van der Waals surface area (Å²) in [7, 11) is 0. The van der Waals surface area contributed by atoms with Crippen LogP contribution in [0, 0.1) is 0 Å². The van der Waals surface area contributed by atoms with Gasteiger partial charge in [-0.05, 0) is 50.2 Å². The largest absolute Gasteiger partial charge is 0.480 e. The minimum atomic E-state index is -0.965. The molecule has 0 radical (unpaired) electrons. The van der Waals surface area contributed by atoms with E-state index in [9.17, 15) is 9.59 Å². The molecule has 0 aromatic heterocycles. The van der Waals surface area contributed by atoms with Gasteiger partial charge in [-0.3, -0.25) is 9.59 Å². The van der Waals surface area contributed by atoms with E-state index in [2.05, 4.69) is 16.0 Å². The molecule has 0 fully saturated rings. The van der Waals surface area contributed by atoms with Crippen molar-refractivity contribution in [1.82, 2.24) is 5.32 Å². The Kier molecular flexibility index (Phi) is 6.46. The number of hydrogen-bond acceptors (Lipinski definition) is 4. The van der Waals surface area contributed by atoms with E-state index in [0.29, 0.717) is 22.8 Å². The predicted octanol–water partition coefficient (Wildman–Crippen LogP) is 3.46. The molecule has 0 aliphatic heterocycles. The van der Waals surface area contributed by atoms with Crippen molar-refractivity contribution in [3.63, 3.8) is 0 Å². The van der Waals surface area contributed by atoms with E-state index in [1.807, 2.05) is 32.0 Å². The number of carbonyl (C=O) groups is 2. The number of carboxylic acids is 1. The molecule has 0 saturated carbocycles. The number of anilines is 2. The van der Waals surface area contributed by atoms with Crippen LogP contribution in [0.1, 0.15) is 24.2 Å². The van der Waals surface area contributed by atoms with Gasteiger partial charge in [0.2, 0.25) is 0 Å². The van der Waals surface area contributed by atoms with Gasteiger partial charge >= 0.3 is 5.97 Å². The summed E-state index contributed by atoms with van der Waals surface area (Å²) in [6.45, 7) is 4.13. The monoisotopic (exact) mass is 375 g/mol. The van der Waals surface area contributed by atoms with Crippen LogP contribution in [-0.2, 0) is 4.79 Å². The second-order valence-electron chi connectivity index (χ2n) is 6.53. The maximum atomic E-state index is 12.5. The number of benzene rings is 2. The summed E-state index contributed by atoms with van der Waals surface area (Å²) in [5.74, 6) is -1.20. The Balaban J connectivity index is 1.96. The fourth-order valence-corrected chi connectivity index (χ4v) is 2.48. The number of nitrogens with one attached hydrogen (secondary N) is 3.